The van der Waals surface area contributed by atoms with Crippen LogP contribution in [0.4, 0.5) is 0 Å². The van der Waals surface area contributed by atoms with Gasteiger partial charge in [-0.05, 0) is 51.4 Å². The lowest BCUT2D eigenvalue weighted by atomic mass is 9.80. The predicted octanol–water partition coefficient (Wildman–Crippen LogP) is 2.28. The zero-order valence-electron chi connectivity index (χ0n) is 14.9. The molecular formula is C17H34N4O. The topological polar surface area (TPSA) is 65.5 Å². The van der Waals surface area contributed by atoms with E-state index in [9.17, 15) is 4.79 Å². The van der Waals surface area contributed by atoms with Gasteiger partial charge in [-0.15, -0.1) is 0 Å². The lowest BCUT2D eigenvalue weighted by Crippen LogP contribution is -2.46. The molecule has 5 nitrogen and oxygen atoms in total. The fourth-order valence-corrected chi connectivity index (χ4v) is 3.01. The largest absolute Gasteiger partial charge is 0.356 e. The molecule has 1 saturated carbocycles. The van der Waals surface area contributed by atoms with Gasteiger partial charge < -0.3 is 16.0 Å². The molecular weight excluding hydrogens is 276 g/mol. The summed E-state index contributed by atoms with van der Waals surface area (Å²) in [5, 5.41) is 9.61. The van der Waals surface area contributed by atoms with Crippen LogP contribution in [0.15, 0.2) is 4.99 Å². The SMILES string of the molecule is CN=C(NCCC(=O)NC(C)C)NC1CCC(C(C)C)CC1. The highest BCUT2D eigenvalue weighted by molar-refractivity contribution is 5.81. The van der Waals surface area contributed by atoms with Crippen molar-refractivity contribution in [2.45, 2.75) is 71.9 Å². The molecule has 0 spiro atoms. The smallest absolute Gasteiger partial charge is 0.221 e. The van der Waals surface area contributed by atoms with Crippen molar-refractivity contribution in [1.29, 1.82) is 0 Å². The minimum Gasteiger partial charge on any atom is -0.356 e. The van der Waals surface area contributed by atoms with E-state index in [0.717, 1.165) is 17.8 Å². The van der Waals surface area contributed by atoms with Gasteiger partial charge in [0.1, 0.15) is 0 Å². The van der Waals surface area contributed by atoms with Crippen molar-refractivity contribution in [2.75, 3.05) is 13.6 Å². The van der Waals surface area contributed by atoms with Gasteiger partial charge in [-0.3, -0.25) is 9.79 Å². The molecule has 0 heterocycles. The third-order valence-corrected chi connectivity index (χ3v) is 4.37. The number of nitrogens with one attached hydrogen (secondary N) is 3. The Morgan fingerprint density at radius 3 is 2.27 bits per heavy atom. The molecule has 0 saturated heterocycles. The Kier molecular flexibility index (Phi) is 8.28. The van der Waals surface area contributed by atoms with Crippen LogP contribution in [-0.2, 0) is 4.79 Å². The van der Waals surface area contributed by atoms with E-state index in [1.165, 1.54) is 25.7 Å². The molecule has 0 bridgehead atoms. The number of amides is 1. The Balaban J connectivity index is 2.25. The lowest BCUT2D eigenvalue weighted by Gasteiger charge is -2.32. The first kappa shape index (κ1) is 18.8. The summed E-state index contributed by atoms with van der Waals surface area (Å²) in [6.07, 6.45) is 5.47. The van der Waals surface area contributed by atoms with Gasteiger partial charge in [0.15, 0.2) is 5.96 Å². The summed E-state index contributed by atoms with van der Waals surface area (Å²) in [5.41, 5.74) is 0. The molecule has 128 valence electrons. The van der Waals surface area contributed by atoms with E-state index in [2.05, 4.69) is 34.8 Å². The normalized spacial score (nSPS) is 22.8. The number of carbonyl (C=O) groups is 1. The van der Waals surface area contributed by atoms with E-state index < -0.39 is 0 Å². The molecule has 1 aliphatic rings. The van der Waals surface area contributed by atoms with Crippen LogP contribution in [0.2, 0.25) is 0 Å². The van der Waals surface area contributed by atoms with Crippen molar-refractivity contribution in [3.05, 3.63) is 0 Å². The summed E-state index contributed by atoms with van der Waals surface area (Å²) in [7, 11) is 1.78. The zero-order valence-corrected chi connectivity index (χ0v) is 14.9. The quantitative estimate of drug-likeness (QED) is 0.521. The van der Waals surface area contributed by atoms with Crippen molar-refractivity contribution in [2.24, 2.45) is 16.8 Å². The summed E-state index contributed by atoms with van der Waals surface area (Å²) in [5.74, 6) is 2.55. The van der Waals surface area contributed by atoms with E-state index in [1.54, 1.807) is 7.05 Å². The van der Waals surface area contributed by atoms with Crippen LogP contribution in [0.5, 0.6) is 0 Å². The van der Waals surface area contributed by atoms with Gasteiger partial charge in [0, 0.05) is 32.1 Å². The molecule has 0 aromatic carbocycles. The van der Waals surface area contributed by atoms with E-state index in [4.69, 9.17) is 0 Å². The maximum Gasteiger partial charge on any atom is 0.221 e. The van der Waals surface area contributed by atoms with Crippen LogP contribution in [0.1, 0.15) is 59.8 Å². The molecule has 0 aromatic heterocycles. The first-order valence-electron chi connectivity index (χ1n) is 8.69. The Hall–Kier alpha value is -1.26. The second kappa shape index (κ2) is 9.70. The summed E-state index contributed by atoms with van der Waals surface area (Å²) in [4.78, 5) is 15.9. The third-order valence-electron chi connectivity index (χ3n) is 4.37. The fourth-order valence-electron chi connectivity index (χ4n) is 3.01. The molecule has 0 aliphatic heterocycles. The monoisotopic (exact) mass is 310 g/mol. The number of nitrogens with zero attached hydrogens (tertiary/aromatic N) is 1. The summed E-state index contributed by atoms with van der Waals surface area (Å²) < 4.78 is 0. The Labute approximate surface area is 135 Å². The summed E-state index contributed by atoms with van der Waals surface area (Å²) in [6, 6.07) is 0.701. The van der Waals surface area contributed by atoms with Crippen LogP contribution in [0.25, 0.3) is 0 Å². The molecule has 3 N–H and O–H groups in total. The van der Waals surface area contributed by atoms with Gasteiger partial charge in [0.25, 0.3) is 0 Å². The maximum atomic E-state index is 11.6. The second-order valence-electron chi connectivity index (χ2n) is 6.97. The van der Waals surface area contributed by atoms with Gasteiger partial charge in [-0.1, -0.05) is 13.8 Å². The fraction of sp³-hybridized carbons (Fsp3) is 0.882. The average molecular weight is 310 g/mol. The highest BCUT2D eigenvalue weighted by Gasteiger charge is 2.23. The molecule has 0 unspecified atom stereocenters. The van der Waals surface area contributed by atoms with E-state index in [1.807, 2.05) is 13.8 Å². The number of hydrogen-bond acceptors (Lipinski definition) is 2. The molecule has 0 radical (unpaired) electrons. The van der Waals surface area contributed by atoms with Crippen molar-refractivity contribution in [1.82, 2.24) is 16.0 Å². The zero-order chi connectivity index (χ0) is 16.5. The highest BCUT2D eigenvalue weighted by atomic mass is 16.1. The Morgan fingerprint density at radius 1 is 1.14 bits per heavy atom. The number of carbonyl (C=O) groups excluding carboxylic acids is 1. The first-order chi connectivity index (χ1) is 10.4. The van der Waals surface area contributed by atoms with Crippen molar-refractivity contribution >= 4 is 11.9 Å². The Morgan fingerprint density at radius 2 is 1.77 bits per heavy atom. The van der Waals surface area contributed by atoms with Crippen molar-refractivity contribution < 1.29 is 4.79 Å². The number of rotatable bonds is 6. The number of hydrogen-bond donors (Lipinski definition) is 3. The van der Waals surface area contributed by atoms with Gasteiger partial charge >= 0.3 is 0 Å². The minimum absolute atomic E-state index is 0.0791. The van der Waals surface area contributed by atoms with Gasteiger partial charge in [0.2, 0.25) is 5.91 Å². The summed E-state index contributed by atoms with van der Waals surface area (Å²) >= 11 is 0. The van der Waals surface area contributed by atoms with Crippen LogP contribution >= 0.6 is 0 Å². The minimum atomic E-state index is 0.0791. The molecule has 1 rings (SSSR count). The van der Waals surface area contributed by atoms with E-state index in [-0.39, 0.29) is 11.9 Å². The van der Waals surface area contributed by atoms with Gasteiger partial charge in [-0.25, -0.2) is 0 Å². The third kappa shape index (κ3) is 7.14. The van der Waals surface area contributed by atoms with Crippen LogP contribution in [0, 0.1) is 11.8 Å². The maximum absolute atomic E-state index is 11.6. The summed E-state index contributed by atoms with van der Waals surface area (Å²) in [6.45, 7) is 9.19. The molecule has 22 heavy (non-hydrogen) atoms. The molecule has 0 aromatic rings. The second-order valence-corrected chi connectivity index (χ2v) is 6.97. The molecule has 0 atom stereocenters. The molecule has 1 amide bonds. The van der Waals surface area contributed by atoms with Gasteiger partial charge in [-0.2, -0.15) is 0 Å². The van der Waals surface area contributed by atoms with E-state index in [0.29, 0.717) is 19.0 Å². The number of guanidine groups is 1. The highest BCUT2D eigenvalue weighted by Crippen LogP contribution is 2.29. The average Bonchev–Trinajstić information content (AvgIpc) is 2.45. The van der Waals surface area contributed by atoms with Crippen LogP contribution < -0.4 is 16.0 Å². The van der Waals surface area contributed by atoms with E-state index >= 15 is 0 Å². The Bertz CT molecular complexity index is 358. The first-order valence-corrected chi connectivity index (χ1v) is 8.69. The standard InChI is InChI=1S/C17H34N4O/c1-12(2)14-6-8-15(9-7-14)21-17(18-5)19-11-10-16(22)20-13(3)4/h12-15H,6-11H2,1-5H3,(H,20,22)(H2,18,19,21). The lowest BCUT2D eigenvalue weighted by molar-refractivity contribution is -0.121. The van der Waals surface area contributed by atoms with Crippen molar-refractivity contribution in [3.8, 4) is 0 Å². The molecule has 5 heteroatoms. The van der Waals surface area contributed by atoms with Crippen molar-refractivity contribution in [3.63, 3.8) is 0 Å². The molecule has 1 fully saturated rings. The number of aliphatic imine (C=N–C) groups is 1. The molecule has 1 aliphatic carbocycles. The predicted molar refractivity (Wildman–Crippen MR) is 93.0 cm³/mol. The van der Waals surface area contributed by atoms with Crippen LogP contribution in [-0.4, -0.2) is 37.5 Å². The van der Waals surface area contributed by atoms with Gasteiger partial charge in [0.05, 0.1) is 0 Å². The van der Waals surface area contributed by atoms with Crippen LogP contribution in [0.3, 0.4) is 0 Å².